The highest BCUT2D eigenvalue weighted by Crippen LogP contribution is 2.38. The lowest BCUT2D eigenvalue weighted by Crippen LogP contribution is -1.95. The van der Waals surface area contributed by atoms with Gasteiger partial charge in [0.05, 0.1) is 14.9 Å². The fraction of sp³-hybridized carbons (Fsp3) is 0.200. The molecule has 18 heavy (non-hydrogen) atoms. The largest absolute Gasteiger partial charge is 0.0827 e. The van der Waals surface area contributed by atoms with Gasteiger partial charge >= 0.3 is 0 Å². The summed E-state index contributed by atoms with van der Waals surface area (Å²) in [4.78, 5) is 0.0583. The second kappa shape index (κ2) is 5.64. The molecule has 2 aromatic rings. The molecule has 0 amide bonds. The molecule has 0 fully saturated rings. The quantitative estimate of drug-likeness (QED) is 0.578. The van der Waals surface area contributed by atoms with Gasteiger partial charge in [0.2, 0.25) is 0 Å². The van der Waals surface area contributed by atoms with Crippen molar-refractivity contribution in [3.63, 3.8) is 0 Å². The molecule has 2 aromatic carbocycles. The second-order valence-electron chi connectivity index (χ2n) is 4.35. The van der Waals surface area contributed by atoms with E-state index in [4.69, 9.17) is 23.2 Å². The molecule has 3 heteroatoms. The normalized spacial score (nSPS) is 12.5. The number of rotatable bonds is 2. The van der Waals surface area contributed by atoms with Crippen molar-refractivity contribution in [2.75, 3.05) is 0 Å². The molecular formula is C15H13BrCl2. The Morgan fingerprint density at radius 2 is 1.72 bits per heavy atom. The van der Waals surface area contributed by atoms with Crippen LogP contribution >= 0.6 is 39.1 Å². The number of hydrogen-bond acceptors (Lipinski definition) is 0. The molecule has 2 rings (SSSR count). The summed E-state index contributed by atoms with van der Waals surface area (Å²) in [7, 11) is 0. The lowest BCUT2D eigenvalue weighted by molar-refractivity contribution is 1.16. The number of hydrogen-bond donors (Lipinski definition) is 0. The van der Waals surface area contributed by atoms with Gasteiger partial charge in [-0.05, 0) is 42.2 Å². The average molecular weight is 344 g/mol. The monoisotopic (exact) mass is 342 g/mol. The van der Waals surface area contributed by atoms with Gasteiger partial charge in [-0.15, -0.1) is 0 Å². The molecule has 1 unspecified atom stereocenters. The lowest BCUT2D eigenvalue weighted by atomic mass is 10.0. The van der Waals surface area contributed by atoms with E-state index in [2.05, 4.69) is 48.0 Å². The van der Waals surface area contributed by atoms with Crippen LogP contribution in [0, 0.1) is 13.8 Å². The molecule has 0 saturated carbocycles. The van der Waals surface area contributed by atoms with Crippen molar-refractivity contribution in [1.82, 2.24) is 0 Å². The molecular weight excluding hydrogens is 331 g/mol. The van der Waals surface area contributed by atoms with E-state index in [0.29, 0.717) is 10.0 Å². The highest BCUT2D eigenvalue weighted by molar-refractivity contribution is 9.09. The molecule has 0 nitrogen and oxygen atoms in total. The SMILES string of the molecule is Cc1ccc(C(Br)c2cccc(Cl)c2Cl)cc1C. The van der Waals surface area contributed by atoms with Gasteiger partial charge in [-0.1, -0.05) is 69.5 Å². The Kier molecular flexibility index (Phi) is 4.37. The fourth-order valence-corrected chi connectivity index (χ4v) is 3.03. The predicted molar refractivity (Wildman–Crippen MR) is 83.1 cm³/mol. The third-order valence-corrected chi connectivity index (χ3v) is 4.93. The number of halogens is 3. The van der Waals surface area contributed by atoms with Crippen LogP contribution in [0.3, 0.4) is 0 Å². The van der Waals surface area contributed by atoms with Crippen LogP contribution in [-0.2, 0) is 0 Å². The summed E-state index contributed by atoms with van der Waals surface area (Å²) in [5.74, 6) is 0. The van der Waals surface area contributed by atoms with Gasteiger partial charge in [0.15, 0.2) is 0 Å². The Morgan fingerprint density at radius 1 is 1.00 bits per heavy atom. The average Bonchev–Trinajstić information content (AvgIpc) is 2.35. The molecule has 0 aromatic heterocycles. The molecule has 0 spiro atoms. The maximum absolute atomic E-state index is 6.25. The van der Waals surface area contributed by atoms with E-state index >= 15 is 0 Å². The van der Waals surface area contributed by atoms with Crippen LogP contribution in [0.1, 0.15) is 27.1 Å². The molecule has 94 valence electrons. The summed E-state index contributed by atoms with van der Waals surface area (Å²) < 4.78 is 0. The van der Waals surface area contributed by atoms with Gasteiger partial charge < -0.3 is 0 Å². The molecule has 0 saturated heterocycles. The summed E-state index contributed by atoms with van der Waals surface area (Å²) in [6.45, 7) is 4.22. The maximum Gasteiger partial charge on any atom is 0.0659 e. The van der Waals surface area contributed by atoms with E-state index in [1.54, 1.807) is 6.07 Å². The van der Waals surface area contributed by atoms with Gasteiger partial charge in [-0.25, -0.2) is 0 Å². The molecule has 0 aliphatic rings. The first-order valence-corrected chi connectivity index (χ1v) is 7.33. The minimum Gasteiger partial charge on any atom is -0.0827 e. The topological polar surface area (TPSA) is 0 Å². The standard InChI is InChI=1S/C15H13BrCl2/c1-9-6-7-11(8-10(9)2)14(16)12-4-3-5-13(17)15(12)18/h3-8,14H,1-2H3. The minimum atomic E-state index is 0.0583. The maximum atomic E-state index is 6.25. The van der Waals surface area contributed by atoms with Crippen LogP contribution in [0.15, 0.2) is 36.4 Å². The van der Waals surface area contributed by atoms with Crippen LogP contribution < -0.4 is 0 Å². The smallest absolute Gasteiger partial charge is 0.0659 e. The van der Waals surface area contributed by atoms with Gasteiger partial charge in [0.1, 0.15) is 0 Å². The van der Waals surface area contributed by atoms with Gasteiger partial charge in [-0.3, -0.25) is 0 Å². The first-order valence-electron chi connectivity index (χ1n) is 5.66. The zero-order valence-corrected chi connectivity index (χ0v) is 13.3. The van der Waals surface area contributed by atoms with Crippen molar-refractivity contribution in [3.8, 4) is 0 Å². The molecule has 0 N–H and O–H groups in total. The van der Waals surface area contributed by atoms with Crippen molar-refractivity contribution >= 4 is 39.1 Å². The Labute approximate surface area is 126 Å². The summed E-state index contributed by atoms with van der Waals surface area (Å²) in [5.41, 5.74) is 4.74. The van der Waals surface area contributed by atoms with Crippen LogP contribution in [0.5, 0.6) is 0 Å². The lowest BCUT2D eigenvalue weighted by Gasteiger charge is -2.14. The molecule has 0 bridgehead atoms. The molecule has 0 aliphatic heterocycles. The zero-order chi connectivity index (χ0) is 13.3. The highest BCUT2D eigenvalue weighted by Gasteiger charge is 2.15. The number of aryl methyl sites for hydroxylation is 2. The summed E-state index contributed by atoms with van der Waals surface area (Å²) in [6, 6.07) is 12.1. The van der Waals surface area contributed by atoms with E-state index in [1.165, 1.54) is 16.7 Å². The number of alkyl halides is 1. The van der Waals surface area contributed by atoms with E-state index in [-0.39, 0.29) is 4.83 Å². The minimum absolute atomic E-state index is 0.0583. The van der Waals surface area contributed by atoms with Crippen molar-refractivity contribution in [3.05, 3.63) is 68.7 Å². The first-order chi connectivity index (χ1) is 8.50. The van der Waals surface area contributed by atoms with Crippen LogP contribution in [0.4, 0.5) is 0 Å². The summed E-state index contributed by atoms with van der Waals surface area (Å²) >= 11 is 16.0. The third kappa shape index (κ3) is 2.74. The van der Waals surface area contributed by atoms with E-state index in [0.717, 1.165) is 5.56 Å². The molecule has 0 radical (unpaired) electrons. The Bertz CT molecular complexity index is 579. The summed E-state index contributed by atoms with van der Waals surface area (Å²) in [6.07, 6.45) is 0. The van der Waals surface area contributed by atoms with Crippen LogP contribution in [0.2, 0.25) is 10.0 Å². The zero-order valence-electron chi connectivity index (χ0n) is 10.2. The summed E-state index contributed by atoms with van der Waals surface area (Å²) in [5, 5.41) is 1.20. The Morgan fingerprint density at radius 3 is 2.39 bits per heavy atom. The van der Waals surface area contributed by atoms with Crippen molar-refractivity contribution < 1.29 is 0 Å². The second-order valence-corrected chi connectivity index (χ2v) is 6.05. The molecule has 1 atom stereocenters. The van der Waals surface area contributed by atoms with Crippen LogP contribution in [0.25, 0.3) is 0 Å². The third-order valence-electron chi connectivity index (χ3n) is 3.08. The fourth-order valence-electron chi connectivity index (χ4n) is 1.82. The molecule has 0 heterocycles. The van der Waals surface area contributed by atoms with Crippen molar-refractivity contribution in [1.29, 1.82) is 0 Å². The molecule has 0 aliphatic carbocycles. The van der Waals surface area contributed by atoms with Crippen LogP contribution in [-0.4, -0.2) is 0 Å². The van der Waals surface area contributed by atoms with Gasteiger partial charge in [0.25, 0.3) is 0 Å². The van der Waals surface area contributed by atoms with E-state index < -0.39 is 0 Å². The van der Waals surface area contributed by atoms with E-state index in [9.17, 15) is 0 Å². The van der Waals surface area contributed by atoms with Gasteiger partial charge in [0, 0.05) is 0 Å². The number of benzene rings is 2. The predicted octanol–water partition coefficient (Wildman–Crippen LogP) is 6.09. The van der Waals surface area contributed by atoms with Crippen molar-refractivity contribution in [2.45, 2.75) is 18.7 Å². The Balaban J connectivity index is 2.44. The Hall–Kier alpha value is -0.500. The van der Waals surface area contributed by atoms with E-state index in [1.807, 2.05) is 12.1 Å². The highest BCUT2D eigenvalue weighted by atomic mass is 79.9. The van der Waals surface area contributed by atoms with Gasteiger partial charge in [-0.2, -0.15) is 0 Å². The van der Waals surface area contributed by atoms with Crippen molar-refractivity contribution in [2.24, 2.45) is 0 Å². The first kappa shape index (κ1) is 13.9.